The Morgan fingerprint density at radius 3 is 2.23 bits per heavy atom. The molecular formula is C22H32N2O2. The molecule has 4 heteroatoms. The second kappa shape index (κ2) is 6.57. The van der Waals surface area contributed by atoms with E-state index in [4.69, 9.17) is 9.47 Å². The number of allylic oxidation sites excluding steroid dienone is 3. The van der Waals surface area contributed by atoms with Crippen LogP contribution in [0, 0.1) is 11.8 Å². The highest BCUT2D eigenvalue weighted by atomic mass is 16.5. The first-order chi connectivity index (χ1) is 12.2. The molecule has 0 radical (unpaired) electrons. The summed E-state index contributed by atoms with van der Waals surface area (Å²) in [6, 6.07) is 4.48. The molecule has 0 amide bonds. The number of methoxy groups -OCH3 is 2. The van der Waals surface area contributed by atoms with Crippen LogP contribution < -0.4 is 9.64 Å². The first kappa shape index (κ1) is 18.7. The maximum absolute atomic E-state index is 5.83. The molecule has 2 unspecified atom stereocenters. The summed E-state index contributed by atoms with van der Waals surface area (Å²) in [5, 5.41) is 0. The Morgan fingerprint density at radius 1 is 1.00 bits per heavy atom. The van der Waals surface area contributed by atoms with E-state index >= 15 is 0 Å². The molecule has 2 atom stereocenters. The van der Waals surface area contributed by atoms with Gasteiger partial charge >= 0.3 is 0 Å². The van der Waals surface area contributed by atoms with Crippen molar-refractivity contribution in [2.45, 2.75) is 25.7 Å². The number of ether oxygens (including phenoxy) is 2. The minimum absolute atomic E-state index is 0.0170. The molecule has 1 aromatic carbocycles. The van der Waals surface area contributed by atoms with Crippen molar-refractivity contribution in [1.82, 2.24) is 4.90 Å². The fraction of sp³-hybridized carbons (Fsp3) is 0.545. The van der Waals surface area contributed by atoms with Crippen LogP contribution in [0.1, 0.15) is 25.0 Å². The van der Waals surface area contributed by atoms with E-state index in [0.29, 0.717) is 11.8 Å². The number of fused-ring (bicyclic) bond motifs is 2. The lowest BCUT2D eigenvalue weighted by molar-refractivity contribution is 0.163. The van der Waals surface area contributed by atoms with Gasteiger partial charge in [-0.1, -0.05) is 19.9 Å². The van der Waals surface area contributed by atoms with Gasteiger partial charge in [-0.15, -0.1) is 0 Å². The van der Waals surface area contributed by atoms with Crippen molar-refractivity contribution in [2.75, 3.05) is 47.3 Å². The van der Waals surface area contributed by atoms with Gasteiger partial charge < -0.3 is 19.3 Å². The molecule has 0 bridgehead atoms. The summed E-state index contributed by atoms with van der Waals surface area (Å²) in [5.41, 5.74) is 5.08. The van der Waals surface area contributed by atoms with Crippen LogP contribution in [0.15, 0.2) is 35.7 Å². The van der Waals surface area contributed by atoms with E-state index in [1.807, 2.05) is 0 Å². The Hall–Kier alpha value is -2.10. The molecule has 4 nitrogen and oxygen atoms in total. The molecule has 2 aliphatic carbocycles. The van der Waals surface area contributed by atoms with E-state index < -0.39 is 0 Å². The van der Waals surface area contributed by atoms with Crippen LogP contribution in [0.25, 0.3) is 0 Å². The molecule has 0 saturated heterocycles. The van der Waals surface area contributed by atoms with Gasteiger partial charge in [-0.05, 0) is 41.0 Å². The Kier molecular flexibility index (Phi) is 4.72. The van der Waals surface area contributed by atoms with Crippen LogP contribution in [0.5, 0.6) is 5.75 Å². The van der Waals surface area contributed by atoms with Crippen molar-refractivity contribution in [3.05, 3.63) is 46.9 Å². The summed E-state index contributed by atoms with van der Waals surface area (Å²) < 4.78 is 11.6. The lowest BCUT2D eigenvalue weighted by atomic mass is 9.59. The molecule has 0 saturated carbocycles. The third-order valence-corrected chi connectivity index (χ3v) is 6.07. The molecule has 26 heavy (non-hydrogen) atoms. The zero-order valence-electron chi connectivity index (χ0n) is 17.4. The Labute approximate surface area is 158 Å². The zero-order valence-corrected chi connectivity index (χ0v) is 17.4. The molecule has 0 spiro atoms. The van der Waals surface area contributed by atoms with Crippen LogP contribution in [-0.2, 0) is 16.6 Å². The molecule has 1 aromatic rings. The van der Waals surface area contributed by atoms with Crippen LogP contribution >= 0.6 is 0 Å². The quantitative estimate of drug-likeness (QED) is 0.819. The number of hydrogen-bond donors (Lipinski definition) is 0. The smallest absolute Gasteiger partial charge is 0.124 e. The highest BCUT2D eigenvalue weighted by Gasteiger charge is 2.46. The Morgan fingerprint density at radius 2 is 1.69 bits per heavy atom. The molecular weight excluding hydrogens is 324 g/mol. The normalized spacial score (nSPS) is 23.2. The molecule has 0 N–H and O–H groups in total. The predicted octanol–water partition coefficient (Wildman–Crippen LogP) is 3.82. The third kappa shape index (κ3) is 2.85. The summed E-state index contributed by atoms with van der Waals surface area (Å²) >= 11 is 0. The predicted molar refractivity (Wildman–Crippen MR) is 108 cm³/mol. The first-order valence-corrected chi connectivity index (χ1v) is 9.24. The average molecular weight is 357 g/mol. The van der Waals surface area contributed by atoms with Crippen LogP contribution in [-0.4, -0.2) is 47.3 Å². The van der Waals surface area contributed by atoms with Crippen molar-refractivity contribution in [1.29, 1.82) is 0 Å². The summed E-state index contributed by atoms with van der Waals surface area (Å²) in [4.78, 5) is 4.31. The van der Waals surface area contributed by atoms with Gasteiger partial charge in [-0.25, -0.2) is 0 Å². The van der Waals surface area contributed by atoms with Crippen LogP contribution in [0.3, 0.4) is 0 Å². The van der Waals surface area contributed by atoms with Crippen LogP contribution in [0.2, 0.25) is 0 Å². The molecule has 0 heterocycles. The number of benzene rings is 1. The van der Waals surface area contributed by atoms with E-state index in [1.165, 1.54) is 22.5 Å². The molecule has 0 aromatic heterocycles. The molecule has 0 fully saturated rings. The van der Waals surface area contributed by atoms with E-state index in [0.717, 1.165) is 17.9 Å². The third-order valence-electron chi connectivity index (χ3n) is 6.07. The highest BCUT2D eigenvalue weighted by molar-refractivity contribution is 5.60. The Balaban J connectivity index is 2.20. The average Bonchev–Trinajstić information content (AvgIpc) is 2.60. The fourth-order valence-corrected chi connectivity index (χ4v) is 4.46. The maximum Gasteiger partial charge on any atom is 0.124 e. The number of likely N-dealkylation sites (N-methyl/N-ethyl adjacent to an activating group) is 1. The summed E-state index contributed by atoms with van der Waals surface area (Å²) in [7, 11) is 11.9. The van der Waals surface area contributed by atoms with Crippen molar-refractivity contribution in [3.8, 4) is 5.75 Å². The number of anilines is 1. The lowest BCUT2D eigenvalue weighted by Gasteiger charge is -2.47. The largest absolute Gasteiger partial charge is 0.501 e. The highest BCUT2D eigenvalue weighted by Crippen LogP contribution is 2.52. The number of hydrogen-bond acceptors (Lipinski definition) is 4. The topological polar surface area (TPSA) is 24.9 Å². The van der Waals surface area contributed by atoms with Gasteiger partial charge in [0.2, 0.25) is 0 Å². The van der Waals surface area contributed by atoms with Crippen molar-refractivity contribution in [2.24, 2.45) is 11.8 Å². The molecule has 2 aliphatic rings. The minimum atomic E-state index is -0.0170. The van der Waals surface area contributed by atoms with Gasteiger partial charge in [0, 0.05) is 51.6 Å². The fourth-order valence-electron chi connectivity index (χ4n) is 4.46. The molecule has 0 aliphatic heterocycles. The van der Waals surface area contributed by atoms with E-state index in [-0.39, 0.29) is 5.41 Å². The lowest BCUT2D eigenvalue weighted by Crippen LogP contribution is -2.42. The standard InChI is InChI=1S/C22H32N2O2/c1-22(2)18-9-14(23(3)4)11-20(25-7)16(18)13-17-19(22)10-15(24(5)6)12-21(17)26-8/h9-12,16,18H,13H2,1-8H3. The summed E-state index contributed by atoms with van der Waals surface area (Å²) in [6.07, 6.45) is 5.55. The van der Waals surface area contributed by atoms with E-state index in [9.17, 15) is 0 Å². The summed E-state index contributed by atoms with van der Waals surface area (Å²) in [5.74, 6) is 2.77. The van der Waals surface area contributed by atoms with Gasteiger partial charge in [-0.3, -0.25) is 0 Å². The van der Waals surface area contributed by atoms with E-state index in [1.54, 1.807) is 14.2 Å². The van der Waals surface area contributed by atoms with Gasteiger partial charge in [0.05, 0.1) is 14.2 Å². The van der Waals surface area contributed by atoms with Gasteiger partial charge in [-0.2, -0.15) is 0 Å². The second-order valence-corrected chi connectivity index (χ2v) is 8.36. The molecule has 142 valence electrons. The Bertz CT molecular complexity index is 760. The number of rotatable bonds is 4. The van der Waals surface area contributed by atoms with Gasteiger partial charge in [0.25, 0.3) is 0 Å². The van der Waals surface area contributed by atoms with Crippen molar-refractivity contribution >= 4 is 5.69 Å². The number of nitrogens with zero attached hydrogens (tertiary/aromatic N) is 2. The molecule has 3 rings (SSSR count). The van der Waals surface area contributed by atoms with Gasteiger partial charge in [0.1, 0.15) is 11.5 Å². The minimum Gasteiger partial charge on any atom is -0.501 e. The monoisotopic (exact) mass is 356 g/mol. The van der Waals surface area contributed by atoms with Crippen molar-refractivity contribution < 1.29 is 9.47 Å². The van der Waals surface area contributed by atoms with Crippen molar-refractivity contribution in [3.63, 3.8) is 0 Å². The summed E-state index contributed by atoms with van der Waals surface area (Å²) in [6.45, 7) is 4.70. The first-order valence-electron chi connectivity index (χ1n) is 9.24. The van der Waals surface area contributed by atoms with E-state index in [2.05, 4.69) is 76.1 Å². The SMILES string of the molecule is COC1=CC(N(C)C)=CC2C1Cc1c(OC)cc(N(C)C)cc1C2(C)C. The maximum atomic E-state index is 5.83. The van der Waals surface area contributed by atoms with Gasteiger partial charge in [0.15, 0.2) is 0 Å². The zero-order chi connectivity index (χ0) is 19.2. The second-order valence-electron chi connectivity index (χ2n) is 8.36. The van der Waals surface area contributed by atoms with Crippen LogP contribution in [0.4, 0.5) is 5.69 Å².